The zero-order valence-electron chi connectivity index (χ0n) is 27.1. The number of amides is 2. The van der Waals surface area contributed by atoms with Crippen molar-refractivity contribution < 1.29 is 36.4 Å². The normalized spacial score (nSPS) is 18.8. The van der Waals surface area contributed by atoms with E-state index in [0.717, 1.165) is 18.2 Å². The van der Waals surface area contributed by atoms with Crippen LogP contribution in [-0.4, -0.2) is 82.9 Å². The number of hydrogen-bond acceptors (Lipinski definition) is 10. The van der Waals surface area contributed by atoms with Gasteiger partial charge in [-0.25, -0.2) is 18.6 Å². The lowest BCUT2D eigenvalue weighted by Crippen LogP contribution is -2.45. The summed E-state index contributed by atoms with van der Waals surface area (Å²) in [6.07, 6.45) is 1.61. The lowest BCUT2D eigenvalue weighted by molar-refractivity contribution is 0.00557. The fourth-order valence-corrected chi connectivity index (χ4v) is 5.94. The van der Waals surface area contributed by atoms with Gasteiger partial charge >= 0.3 is 18.0 Å². The number of piperidine rings is 1. The molecule has 16 heteroatoms. The Morgan fingerprint density at radius 2 is 1.81 bits per heavy atom. The van der Waals surface area contributed by atoms with Crippen LogP contribution in [0.4, 0.5) is 34.2 Å². The molecular weight excluding hydrogens is 636 g/mol. The molecule has 4 heterocycles. The van der Waals surface area contributed by atoms with E-state index in [4.69, 9.17) is 9.26 Å². The Bertz CT molecular complexity index is 1710. The van der Waals surface area contributed by atoms with Crippen LogP contribution in [0.3, 0.4) is 0 Å². The first-order valence-corrected chi connectivity index (χ1v) is 15.4. The van der Waals surface area contributed by atoms with Gasteiger partial charge < -0.3 is 29.3 Å². The molecule has 0 aliphatic carbocycles. The Labute approximate surface area is 274 Å². The molecule has 2 atom stereocenters. The van der Waals surface area contributed by atoms with Crippen LogP contribution in [0.5, 0.6) is 0 Å². The number of halogens is 4. The summed E-state index contributed by atoms with van der Waals surface area (Å²) in [5, 5.41) is 16.2. The van der Waals surface area contributed by atoms with Gasteiger partial charge in [0.1, 0.15) is 29.1 Å². The molecule has 0 saturated carbocycles. The first kappa shape index (κ1) is 34.4. The van der Waals surface area contributed by atoms with Crippen molar-refractivity contribution in [1.29, 1.82) is 5.26 Å². The molecule has 0 bridgehead atoms. The van der Waals surface area contributed by atoms with Crippen molar-refractivity contribution in [3.8, 4) is 6.07 Å². The van der Waals surface area contributed by atoms with E-state index in [1.165, 1.54) is 12.3 Å². The second-order valence-electron chi connectivity index (χ2n) is 13.1. The number of nitrogens with one attached hydrogen (secondary N) is 1. The minimum Gasteiger partial charge on any atom is -0.444 e. The van der Waals surface area contributed by atoms with Crippen LogP contribution in [0.25, 0.3) is 0 Å². The molecule has 3 aromatic rings. The van der Waals surface area contributed by atoms with Gasteiger partial charge in [0, 0.05) is 58.3 Å². The summed E-state index contributed by atoms with van der Waals surface area (Å²) in [7, 11) is 1.64. The van der Waals surface area contributed by atoms with Gasteiger partial charge in [-0.2, -0.15) is 19.0 Å². The summed E-state index contributed by atoms with van der Waals surface area (Å²) in [6, 6.07) is 5.68. The molecule has 2 amide bonds. The van der Waals surface area contributed by atoms with Gasteiger partial charge in [-0.05, 0) is 63.4 Å². The van der Waals surface area contributed by atoms with E-state index in [-0.39, 0.29) is 53.6 Å². The number of hydrogen-bond donors (Lipinski definition) is 1. The second-order valence-corrected chi connectivity index (χ2v) is 13.1. The highest BCUT2D eigenvalue weighted by Crippen LogP contribution is 2.34. The smallest absolute Gasteiger partial charge is 0.407 e. The predicted molar refractivity (Wildman–Crippen MR) is 165 cm³/mol. The molecule has 2 aliphatic rings. The van der Waals surface area contributed by atoms with Crippen molar-refractivity contribution in [3.05, 3.63) is 64.6 Å². The van der Waals surface area contributed by atoms with E-state index >= 15 is 0 Å². The first-order valence-electron chi connectivity index (χ1n) is 15.4. The number of pyridine rings is 1. The number of ether oxygens (including phenoxy) is 1. The van der Waals surface area contributed by atoms with Crippen molar-refractivity contribution in [2.75, 3.05) is 43.0 Å². The predicted octanol–water partition coefficient (Wildman–Crippen LogP) is 4.96. The number of carbonyl (C=O) groups excluding carboxylic acids is 2. The van der Waals surface area contributed by atoms with E-state index in [1.54, 1.807) is 42.5 Å². The zero-order chi connectivity index (χ0) is 35.0. The van der Waals surface area contributed by atoms with Gasteiger partial charge in [0.15, 0.2) is 0 Å². The van der Waals surface area contributed by atoms with Crippen LogP contribution in [0.2, 0.25) is 0 Å². The highest BCUT2D eigenvalue weighted by Gasteiger charge is 2.39. The third kappa shape index (κ3) is 7.61. The Kier molecular flexibility index (Phi) is 9.52. The third-order valence-corrected chi connectivity index (χ3v) is 8.32. The lowest BCUT2D eigenvalue weighted by atomic mass is 9.94. The maximum absolute atomic E-state index is 14.9. The summed E-state index contributed by atoms with van der Waals surface area (Å²) < 4.78 is 66.6. The first-order chi connectivity index (χ1) is 22.5. The molecule has 5 rings (SSSR count). The molecule has 1 N–H and O–H groups in total. The Morgan fingerprint density at radius 1 is 1.10 bits per heavy atom. The van der Waals surface area contributed by atoms with Crippen molar-refractivity contribution in [2.24, 2.45) is 0 Å². The summed E-state index contributed by atoms with van der Waals surface area (Å²) in [5.41, 5.74) is -0.487. The molecule has 0 spiro atoms. The van der Waals surface area contributed by atoms with Crippen LogP contribution in [0.15, 0.2) is 35.0 Å². The fraction of sp³-hybridized carbons (Fsp3) is 0.500. The number of nitrogens with zero attached hydrogens (tertiary/aromatic N) is 7. The Balaban J connectivity index is 1.30. The number of alkyl halides is 2. The van der Waals surface area contributed by atoms with E-state index in [0.29, 0.717) is 32.9 Å². The fourth-order valence-electron chi connectivity index (χ4n) is 5.94. The molecule has 2 saturated heterocycles. The molecule has 1 aromatic carbocycles. The number of nitriles is 1. The molecule has 12 nitrogen and oxygen atoms in total. The second kappa shape index (κ2) is 13.3. The maximum atomic E-state index is 14.9. The monoisotopic (exact) mass is 672 g/mol. The van der Waals surface area contributed by atoms with E-state index in [1.807, 2.05) is 0 Å². The minimum atomic E-state index is -3.23. The van der Waals surface area contributed by atoms with E-state index < -0.39 is 47.0 Å². The summed E-state index contributed by atoms with van der Waals surface area (Å²) in [4.78, 5) is 39.3. The van der Waals surface area contributed by atoms with Crippen LogP contribution in [0.1, 0.15) is 73.8 Å². The largest absolute Gasteiger partial charge is 0.444 e. The molecule has 2 unspecified atom stereocenters. The number of alkyl carbamates (subject to hydrolysis) is 1. The third-order valence-electron chi connectivity index (χ3n) is 8.32. The minimum absolute atomic E-state index is 0.00905. The standard InChI is InChI=1S/C32H36F4N8O4/c1-31(2,3)47-30(46)39-25-17-44(16-23(25)22-13-20(33)6-7-24(22)34)26-18(14-37)12-19(15-38-26)27(45)42(5)21-8-10-43(11-9-21)29-40-28(41-48-29)32(4,35)36/h6-7,12-13,15,21,23,25H,8-11,16-17H2,1-5H3,(H,39,46). The van der Waals surface area contributed by atoms with Gasteiger partial charge in [-0.3, -0.25) is 4.79 Å². The molecule has 2 aliphatic heterocycles. The quantitative estimate of drug-likeness (QED) is 0.343. The van der Waals surface area contributed by atoms with Gasteiger partial charge in [0.05, 0.1) is 17.2 Å². The zero-order valence-corrected chi connectivity index (χ0v) is 27.1. The summed E-state index contributed by atoms with van der Waals surface area (Å²) in [6.45, 7) is 6.76. The average molecular weight is 673 g/mol. The maximum Gasteiger partial charge on any atom is 0.407 e. The molecular formula is C32H36F4N8O4. The Hall–Kier alpha value is -4.94. The number of carbonyl (C=O) groups is 2. The topological polar surface area (TPSA) is 141 Å². The number of aromatic nitrogens is 3. The molecule has 0 radical (unpaired) electrons. The van der Waals surface area contributed by atoms with Crippen LogP contribution in [0, 0.1) is 23.0 Å². The van der Waals surface area contributed by atoms with Crippen LogP contribution < -0.4 is 15.1 Å². The Morgan fingerprint density at radius 3 is 2.44 bits per heavy atom. The highest BCUT2D eigenvalue weighted by atomic mass is 19.3. The summed E-state index contributed by atoms with van der Waals surface area (Å²) >= 11 is 0. The van der Waals surface area contributed by atoms with Crippen molar-refractivity contribution in [3.63, 3.8) is 0 Å². The average Bonchev–Trinajstić information content (AvgIpc) is 3.69. The van der Waals surface area contributed by atoms with Crippen LogP contribution >= 0.6 is 0 Å². The molecule has 2 aromatic heterocycles. The van der Waals surface area contributed by atoms with Gasteiger partial charge in [-0.15, -0.1) is 0 Å². The van der Waals surface area contributed by atoms with Gasteiger partial charge in [-0.1, -0.05) is 5.16 Å². The summed E-state index contributed by atoms with van der Waals surface area (Å²) in [5.74, 6) is -6.08. The number of benzene rings is 1. The van der Waals surface area contributed by atoms with Gasteiger partial charge in [0.25, 0.3) is 5.91 Å². The van der Waals surface area contributed by atoms with Crippen molar-refractivity contribution in [2.45, 2.75) is 70.1 Å². The van der Waals surface area contributed by atoms with E-state index in [2.05, 4.69) is 26.5 Å². The SMILES string of the molecule is CN(C(=O)c1cnc(N2CC(NC(=O)OC(C)(C)C)C(c3cc(F)ccc3F)C2)c(C#N)c1)C1CCN(c2nc(C(C)(F)F)no2)CC1. The molecule has 2 fully saturated rings. The lowest BCUT2D eigenvalue weighted by Gasteiger charge is -2.36. The van der Waals surface area contributed by atoms with E-state index in [9.17, 15) is 32.4 Å². The molecule has 256 valence electrons. The number of rotatable bonds is 7. The van der Waals surface area contributed by atoms with Crippen LogP contribution in [-0.2, 0) is 10.7 Å². The van der Waals surface area contributed by atoms with Crippen molar-refractivity contribution in [1.82, 2.24) is 25.3 Å². The number of anilines is 2. The van der Waals surface area contributed by atoms with Crippen molar-refractivity contribution >= 4 is 23.8 Å². The molecule has 48 heavy (non-hydrogen) atoms. The van der Waals surface area contributed by atoms with Gasteiger partial charge in [0.2, 0.25) is 5.82 Å². The highest BCUT2D eigenvalue weighted by molar-refractivity contribution is 5.94.